The minimum Gasteiger partial charge on any atom is -0.348 e. The number of amides is 1. The third kappa shape index (κ3) is 3.96. The Morgan fingerprint density at radius 1 is 1.11 bits per heavy atom. The first-order valence-corrected chi connectivity index (χ1v) is 9.91. The Kier molecular flexibility index (Phi) is 5.46. The Hall–Kier alpha value is -3.02. The molecule has 3 aromatic rings. The van der Waals surface area contributed by atoms with Crippen LogP contribution in [0.2, 0.25) is 0 Å². The molecular weight excluding hydrogens is 350 g/mol. The molecule has 1 aromatic carbocycles. The molecule has 0 aliphatic heterocycles. The summed E-state index contributed by atoms with van der Waals surface area (Å²) in [6.07, 6.45) is 8.02. The van der Waals surface area contributed by atoms with Crippen LogP contribution in [0.5, 0.6) is 0 Å². The lowest BCUT2D eigenvalue weighted by Crippen LogP contribution is -2.41. The van der Waals surface area contributed by atoms with Gasteiger partial charge in [0.1, 0.15) is 5.69 Å². The number of carbonyl (C=O) groups excluding carboxylic acids is 1. The molecule has 6 heteroatoms. The maximum absolute atomic E-state index is 13.1. The summed E-state index contributed by atoms with van der Waals surface area (Å²) in [6, 6.07) is 14.0. The SMILES string of the molecule is C[C@H]1CCCC[C@@H]1NC(=O)c1nnn(Cc2ccccc2)c1-c1ccncc1. The Labute approximate surface area is 165 Å². The van der Waals surface area contributed by atoms with Gasteiger partial charge in [0, 0.05) is 24.0 Å². The lowest BCUT2D eigenvalue weighted by Gasteiger charge is -2.29. The topological polar surface area (TPSA) is 72.7 Å². The number of aromatic nitrogens is 4. The largest absolute Gasteiger partial charge is 0.348 e. The minimum atomic E-state index is -0.148. The van der Waals surface area contributed by atoms with Crippen molar-refractivity contribution in [3.63, 3.8) is 0 Å². The number of carbonyl (C=O) groups is 1. The molecule has 1 fully saturated rings. The van der Waals surface area contributed by atoms with Gasteiger partial charge in [-0.3, -0.25) is 9.78 Å². The van der Waals surface area contributed by atoms with E-state index in [0.29, 0.717) is 18.2 Å². The zero-order valence-electron chi connectivity index (χ0n) is 16.1. The Bertz CT molecular complexity index is 923. The van der Waals surface area contributed by atoms with E-state index in [1.165, 1.54) is 6.42 Å². The number of hydrogen-bond acceptors (Lipinski definition) is 4. The fraction of sp³-hybridized carbons (Fsp3) is 0.364. The van der Waals surface area contributed by atoms with Gasteiger partial charge in [-0.05, 0) is 36.5 Å². The fourth-order valence-corrected chi connectivity index (χ4v) is 3.90. The average molecular weight is 375 g/mol. The summed E-state index contributed by atoms with van der Waals surface area (Å²) in [6.45, 7) is 2.76. The van der Waals surface area contributed by atoms with Crippen molar-refractivity contribution in [2.45, 2.75) is 45.2 Å². The number of pyridine rings is 1. The van der Waals surface area contributed by atoms with Crippen molar-refractivity contribution < 1.29 is 4.79 Å². The van der Waals surface area contributed by atoms with Crippen LogP contribution in [0, 0.1) is 5.92 Å². The molecule has 0 unspecified atom stereocenters. The first kappa shape index (κ1) is 18.3. The summed E-state index contributed by atoms with van der Waals surface area (Å²) in [5.41, 5.74) is 3.10. The van der Waals surface area contributed by atoms with Crippen LogP contribution in [-0.2, 0) is 6.54 Å². The zero-order valence-corrected chi connectivity index (χ0v) is 16.1. The van der Waals surface area contributed by atoms with Gasteiger partial charge in [-0.2, -0.15) is 0 Å². The van der Waals surface area contributed by atoms with E-state index in [0.717, 1.165) is 36.1 Å². The van der Waals surface area contributed by atoms with Crippen molar-refractivity contribution in [2.75, 3.05) is 0 Å². The summed E-state index contributed by atoms with van der Waals surface area (Å²) in [5, 5.41) is 11.8. The van der Waals surface area contributed by atoms with Crippen LogP contribution in [0.25, 0.3) is 11.3 Å². The maximum atomic E-state index is 13.1. The lowest BCUT2D eigenvalue weighted by molar-refractivity contribution is 0.0906. The van der Waals surface area contributed by atoms with Gasteiger partial charge in [0.15, 0.2) is 5.69 Å². The van der Waals surface area contributed by atoms with Crippen molar-refractivity contribution in [3.05, 3.63) is 66.1 Å². The number of hydrogen-bond donors (Lipinski definition) is 1. The zero-order chi connectivity index (χ0) is 19.3. The van der Waals surface area contributed by atoms with Crippen LogP contribution in [0.4, 0.5) is 0 Å². The highest BCUT2D eigenvalue weighted by Gasteiger charge is 2.27. The van der Waals surface area contributed by atoms with Gasteiger partial charge in [-0.25, -0.2) is 4.68 Å². The molecule has 28 heavy (non-hydrogen) atoms. The predicted molar refractivity (Wildman–Crippen MR) is 108 cm³/mol. The van der Waals surface area contributed by atoms with Crippen LogP contribution in [-0.4, -0.2) is 31.9 Å². The maximum Gasteiger partial charge on any atom is 0.274 e. The highest BCUT2D eigenvalue weighted by atomic mass is 16.2. The van der Waals surface area contributed by atoms with Gasteiger partial charge in [0.25, 0.3) is 5.91 Å². The molecule has 4 rings (SSSR count). The smallest absolute Gasteiger partial charge is 0.274 e. The van der Waals surface area contributed by atoms with Crippen LogP contribution >= 0.6 is 0 Å². The molecule has 2 heterocycles. The number of nitrogens with one attached hydrogen (secondary N) is 1. The van der Waals surface area contributed by atoms with Crippen molar-refractivity contribution in [2.24, 2.45) is 5.92 Å². The summed E-state index contributed by atoms with van der Waals surface area (Å²) < 4.78 is 1.80. The third-order valence-electron chi connectivity index (χ3n) is 5.51. The van der Waals surface area contributed by atoms with Crippen molar-refractivity contribution in [1.29, 1.82) is 0 Å². The Morgan fingerprint density at radius 2 is 1.86 bits per heavy atom. The normalized spacial score (nSPS) is 19.3. The predicted octanol–water partition coefficient (Wildman–Crippen LogP) is 3.70. The lowest BCUT2D eigenvalue weighted by atomic mass is 9.86. The summed E-state index contributed by atoms with van der Waals surface area (Å²) in [4.78, 5) is 17.2. The van der Waals surface area contributed by atoms with Crippen molar-refractivity contribution in [1.82, 2.24) is 25.3 Å². The molecular formula is C22H25N5O. The molecule has 1 N–H and O–H groups in total. The summed E-state index contributed by atoms with van der Waals surface area (Å²) >= 11 is 0. The third-order valence-corrected chi connectivity index (χ3v) is 5.51. The summed E-state index contributed by atoms with van der Waals surface area (Å²) in [7, 11) is 0. The van der Waals surface area contributed by atoms with Crippen molar-refractivity contribution >= 4 is 5.91 Å². The van der Waals surface area contributed by atoms with E-state index < -0.39 is 0 Å². The first-order valence-electron chi connectivity index (χ1n) is 9.91. The molecule has 2 aromatic heterocycles. The van der Waals surface area contributed by atoms with E-state index in [1.54, 1.807) is 17.1 Å². The monoisotopic (exact) mass is 375 g/mol. The van der Waals surface area contributed by atoms with Crippen LogP contribution < -0.4 is 5.32 Å². The van der Waals surface area contributed by atoms with Gasteiger partial charge in [-0.1, -0.05) is 55.3 Å². The van der Waals surface area contributed by atoms with Gasteiger partial charge in [0.05, 0.1) is 6.54 Å². The first-order chi connectivity index (χ1) is 13.7. The van der Waals surface area contributed by atoms with Gasteiger partial charge in [-0.15, -0.1) is 5.10 Å². The van der Waals surface area contributed by atoms with Crippen molar-refractivity contribution in [3.8, 4) is 11.3 Å². The quantitative estimate of drug-likeness (QED) is 0.738. The highest BCUT2D eigenvalue weighted by molar-refractivity contribution is 5.98. The number of rotatable bonds is 5. The molecule has 1 aliphatic rings. The van der Waals surface area contributed by atoms with Gasteiger partial charge < -0.3 is 5.32 Å². The molecule has 1 aliphatic carbocycles. The average Bonchev–Trinajstić information content (AvgIpc) is 3.15. The van der Waals surface area contributed by atoms with Crippen LogP contribution in [0.3, 0.4) is 0 Å². The molecule has 0 saturated heterocycles. The molecule has 1 amide bonds. The molecule has 144 valence electrons. The van der Waals surface area contributed by atoms with Crippen LogP contribution in [0.1, 0.15) is 48.7 Å². The van der Waals surface area contributed by atoms with E-state index in [2.05, 4.69) is 27.5 Å². The summed E-state index contributed by atoms with van der Waals surface area (Å²) in [5.74, 6) is 0.339. The molecule has 2 atom stereocenters. The molecule has 0 radical (unpaired) electrons. The molecule has 0 spiro atoms. The molecule has 1 saturated carbocycles. The van der Waals surface area contributed by atoms with Gasteiger partial charge in [0.2, 0.25) is 0 Å². The second-order valence-electron chi connectivity index (χ2n) is 7.51. The number of nitrogens with zero attached hydrogens (tertiary/aromatic N) is 4. The number of benzene rings is 1. The second kappa shape index (κ2) is 8.33. The van der Waals surface area contributed by atoms with E-state index in [9.17, 15) is 4.79 Å². The second-order valence-corrected chi connectivity index (χ2v) is 7.51. The van der Waals surface area contributed by atoms with E-state index in [4.69, 9.17) is 0 Å². The van der Waals surface area contributed by atoms with Gasteiger partial charge >= 0.3 is 0 Å². The molecule has 6 nitrogen and oxygen atoms in total. The van der Waals surface area contributed by atoms with Crippen LogP contribution in [0.15, 0.2) is 54.9 Å². The Balaban J connectivity index is 1.66. The van der Waals surface area contributed by atoms with E-state index in [-0.39, 0.29) is 11.9 Å². The highest BCUT2D eigenvalue weighted by Crippen LogP contribution is 2.26. The standard InChI is InChI=1S/C22H25N5O/c1-16-7-5-6-10-19(16)24-22(28)20-21(18-11-13-23-14-12-18)27(26-25-20)15-17-8-3-2-4-9-17/h2-4,8-9,11-14,16,19H,5-7,10,15H2,1H3,(H,24,28)/t16-,19-/m0/s1. The van der Waals surface area contributed by atoms with E-state index in [1.807, 2.05) is 42.5 Å². The minimum absolute atomic E-state index is 0.148. The fourth-order valence-electron chi connectivity index (χ4n) is 3.90. The van der Waals surface area contributed by atoms with E-state index >= 15 is 0 Å². The Morgan fingerprint density at radius 3 is 2.61 bits per heavy atom. The molecule has 0 bridgehead atoms.